The Morgan fingerprint density at radius 3 is 2.58 bits per heavy atom. The average molecular weight is 345 g/mol. The van der Waals surface area contributed by atoms with Crippen LogP contribution in [0.25, 0.3) is 11.3 Å². The maximum atomic E-state index is 12.8. The molecule has 7 heteroatoms. The molecule has 0 aliphatic rings. The number of aromatic nitrogens is 2. The van der Waals surface area contributed by atoms with Crippen LogP contribution < -0.4 is 0 Å². The van der Waals surface area contributed by atoms with Gasteiger partial charge < -0.3 is 4.74 Å². The van der Waals surface area contributed by atoms with Gasteiger partial charge in [0.25, 0.3) is 0 Å². The number of carbonyl (C=O) groups is 1. The fraction of sp³-hybridized carbons (Fsp3) is 0.167. The molecule has 2 rings (SSSR count). The van der Waals surface area contributed by atoms with E-state index in [-0.39, 0.29) is 17.9 Å². The highest BCUT2D eigenvalue weighted by Gasteiger charge is 2.23. The van der Waals surface area contributed by atoms with Gasteiger partial charge in [0.1, 0.15) is 11.3 Å². The fourth-order valence-corrected chi connectivity index (χ4v) is 2.28. The Kier molecular flexibility index (Phi) is 4.26. The number of hydrogen-bond acceptors (Lipinski definition) is 4. The second kappa shape index (κ2) is 5.75. The molecule has 0 saturated heterocycles. The van der Waals surface area contributed by atoms with E-state index in [0.29, 0.717) is 11.4 Å². The molecule has 0 fully saturated rings. The van der Waals surface area contributed by atoms with Gasteiger partial charge >= 0.3 is 5.97 Å². The molecule has 19 heavy (non-hydrogen) atoms. The smallest absolute Gasteiger partial charge is 0.342 e. The number of methoxy groups -OCH3 is 1. The van der Waals surface area contributed by atoms with Gasteiger partial charge in [-0.3, -0.25) is 0 Å². The number of esters is 1. The Hall–Kier alpha value is -1.34. The molecule has 0 N–H and O–H groups in total. The minimum atomic E-state index is -0.532. The summed E-state index contributed by atoms with van der Waals surface area (Å²) in [5.74, 6) is -0.532. The van der Waals surface area contributed by atoms with Crippen molar-refractivity contribution in [3.63, 3.8) is 0 Å². The number of rotatable bonds is 3. The molecule has 1 aromatic heterocycles. The fourth-order valence-electron chi connectivity index (χ4n) is 1.71. The first-order valence-corrected chi connectivity index (χ1v) is 6.78. The molecule has 0 aliphatic carbocycles. The summed E-state index contributed by atoms with van der Waals surface area (Å²) in [7, 11) is 1.28. The summed E-state index contributed by atoms with van der Waals surface area (Å²) in [6, 6.07) is 7.25. The lowest BCUT2D eigenvalue weighted by atomic mass is 10.1. The molecule has 4 nitrogen and oxygen atoms in total. The lowest BCUT2D eigenvalue weighted by Gasteiger charge is -2.02. The molecule has 2 aromatic rings. The van der Waals surface area contributed by atoms with Gasteiger partial charge in [-0.15, -0.1) is 3.89 Å². The van der Waals surface area contributed by atoms with Crippen LogP contribution >= 0.6 is 28.3 Å². The van der Waals surface area contributed by atoms with Crippen LogP contribution in [0, 0.1) is 6.92 Å². The normalized spacial score (nSPS) is 10.5. The first-order chi connectivity index (χ1) is 9.08. The molecule has 0 bridgehead atoms. The molecule has 0 radical (unpaired) electrons. The summed E-state index contributed by atoms with van der Waals surface area (Å²) in [4.78, 5) is 11.8. The standard InChI is InChI=1S/C12H10BrFN2O2S/c1-7-10(12(17)18-2)11(15-16(7)19-14)8-3-5-9(13)6-4-8/h3-6H,1-2H3. The third kappa shape index (κ3) is 2.66. The van der Waals surface area contributed by atoms with Crippen molar-refractivity contribution in [3.05, 3.63) is 40.0 Å². The third-order valence-electron chi connectivity index (χ3n) is 2.65. The Morgan fingerprint density at radius 1 is 1.42 bits per heavy atom. The largest absolute Gasteiger partial charge is 0.465 e. The van der Waals surface area contributed by atoms with E-state index < -0.39 is 5.97 Å². The molecule has 0 spiro atoms. The predicted octanol–water partition coefficient (Wildman–Crippen LogP) is 3.79. The maximum absolute atomic E-state index is 12.8. The van der Waals surface area contributed by atoms with Crippen molar-refractivity contribution in [2.24, 2.45) is 0 Å². The minimum absolute atomic E-state index is 0.0554. The molecule has 0 unspecified atom stereocenters. The van der Waals surface area contributed by atoms with Crippen LogP contribution in [0.15, 0.2) is 28.7 Å². The number of ether oxygens (including phenoxy) is 1. The Labute approximate surface area is 122 Å². The van der Waals surface area contributed by atoms with E-state index in [4.69, 9.17) is 4.74 Å². The summed E-state index contributed by atoms with van der Waals surface area (Å²) in [5.41, 5.74) is 1.81. The minimum Gasteiger partial charge on any atom is -0.465 e. The summed E-state index contributed by atoms with van der Waals surface area (Å²) < 4.78 is 19.5. The van der Waals surface area contributed by atoms with Gasteiger partial charge in [-0.2, -0.15) is 9.19 Å². The lowest BCUT2D eigenvalue weighted by molar-refractivity contribution is 0.0601. The topological polar surface area (TPSA) is 44.1 Å². The Bertz CT molecular complexity index is 613. The molecule has 100 valence electrons. The third-order valence-corrected chi connectivity index (χ3v) is 3.66. The quantitative estimate of drug-likeness (QED) is 0.794. The average Bonchev–Trinajstić information content (AvgIpc) is 2.75. The van der Waals surface area contributed by atoms with E-state index >= 15 is 0 Å². The van der Waals surface area contributed by atoms with E-state index in [1.54, 1.807) is 19.1 Å². The van der Waals surface area contributed by atoms with Gasteiger partial charge in [-0.25, -0.2) is 4.79 Å². The predicted molar refractivity (Wildman–Crippen MR) is 75.5 cm³/mol. The van der Waals surface area contributed by atoms with Crippen molar-refractivity contribution in [2.45, 2.75) is 6.92 Å². The van der Waals surface area contributed by atoms with Crippen LogP contribution in [0.3, 0.4) is 0 Å². The second-order valence-electron chi connectivity index (χ2n) is 3.75. The maximum Gasteiger partial charge on any atom is 0.342 e. The van der Waals surface area contributed by atoms with Crippen LogP contribution in [0.2, 0.25) is 0 Å². The first kappa shape index (κ1) is 14.1. The van der Waals surface area contributed by atoms with E-state index in [1.807, 2.05) is 12.1 Å². The van der Waals surface area contributed by atoms with E-state index in [0.717, 1.165) is 14.1 Å². The van der Waals surface area contributed by atoms with Gasteiger partial charge in [-0.05, 0) is 19.1 Å². The highest BCUT2D eigenvalue weighted by atomic mass is 79.9. The zero-order valence-electron chi connectivity index (χ0n) is 10.2. The summed E-state index contributed by atoms with van der Waals surface area (Å²) in [6.45, 7) is 1.62. The van der Waals surface area contributed by atoms with Gasteiger partial charge in [0.2, 0.25) is 0 Å². The molecule has 1 heterocycles. The molecule has 1 aromatic carbocycles. The first-order valence-electron chi connectivity index (χ1n) is 5.31. The van der Waals surface area contributed by atoms with Gasteiger partial charge in [0.15, 0.2) is 12.3 Å². The molecular formula is C12H10BrFN2O2S. The summed E-state index contributed by atoms with van der Waals surface area (Å²) >= 11 is 3.28. The van der Waals surface area contributed by atoms with Crippen molar-refractivity contribution in [3.8, 4) is 11.3 Å². The second-order valence-corrected chi connectivity index (χ2v) is 5.15. The summed E-state index contributed by atoms with van der Waals surface area (Å²) in [5, 5.41) is 4.09. The number of halogens is 2. The Balaban J connectivity index is 2.61. The molecule has 0 saturated carbocycles. The zero-order chi connectivity index (χ0) is 14.0. The van der Waals surface area contributed by atoms with Crippen LogP contribution in [0.4, 0.5) is 3.89 Å². The van der Waals surface area contributed by atoms with Crippen molar-refractivity contribution < 1.29 is 13.4 Å². The van der Waals surface area contributed by atoms with E-state index in [9.17, 15) is 8.68 Å². The van der Waals surface area contributed by atoms with Crippen LogP contribution in [0.1, 0.15) is 16.1 Å². The number of carbonyl (C=O) groups excluding carboxylic acids is 1. The van der Waals surface area contributed by atoms with E-state index in [1.165, 1.54) is 7.11 Å². The molecule has 0 amide bonds. The van der Waals surface area contributed by atoms with Crippen LogP contribution in [0.5, 0.6) is 0 Å². The number of hydrogen-bond donors (Lipinski definition) is 0. The number of benzene rings is 1. The van der Waals surface area contributed by atoms with Gasteiger partial charge in [0.05, 0.1) is 12.8 Å². The van der Waals surface area contributed by atoms with Gasteiger partial charge in [-0.1, -0.05) is 28.1 Å². The highest BCUT2D eigenvalue weighted by Crippen LogP contribution is 2.29. The molecule has 0 atom stereocenters. The van der Waals surface area contributed by atoms with Gasteiger partial charge in [0, 0.05) is 10.0 Å². The SMILES string of the molecule is COC(=O)c1c(-c2ccc(Br)cc2)nn(SF)c1C. The number of nitrogens with zero attached hydrogens (tertiary/aromatic N) is 2. The monoisotopic (exact) mass is 344 g/mol. The zero-order valence-corrected chi connectivity index (χ0v) is 12.6. The summed E-state index contributed by atoms with van der Waals surface area (Å²) in [6.07, 6.45) is 0. The Morgan fingerprint density at radius 2 is 2.05 bits per heavy atom. The van der Waals surface area contributed by atoms with Crippen LogP contribution in [-0.2, 0) is 4.74 Å². The van der Waals surface area contributed by atoms with Crippen molar-refractivity contribution in [1.82, 2.24) is 9.19 Å². The van der Waals surface area contributed by atoms with E-state index in [2.05, 4.69) is 21.0 Å². The molecular weight excluding hydrogens is 335 g/mol. The molecule has 0 aliphatic heterocycles. The highest BCUT2D eigenvalue weighted by molar-refractivity contribution is 9.10. The van der Waals surface area contributed by atoms with Crippen molar-refractivity contribution in [1.29, 1.82) is 0 Å². The van der Waals surface area contributed by atoms with Crippen molar-refractivity contribution >= 4 is 34.2 Å². The lowest BCUT2D eigenvalue weighted by Crippen LogP contribution is -2.04. The van der Waals surface area contributed by atoms with Crippen molar-refractivity contribution in [2.75, 3.05) is 7.11 Å². The van der Waals surface area contributed by atoms with Crippen LogP contribution in [-0.4, -0.2) is 22.3 Å².